The third-order valence-electron chi connectivity index (χ3n) is 2.84. The summed E-state index contributed by atoms with van der Waals surface area (Å²) in [5.74, 6) is 0.0716. The molecule has 0 bridgehead atoms. The van der Waals surface area contributed by atoms with Crippen LogP contribution in [0.2, 0.25) is 0 Å². The molecule has 4 heteroatoms. The normalized spacial score (nSPS) is 9.72. The number of hydrogen-bond donors (Lipinski definition) is 2. The van der Waals surface area contributed by atoms with Gasteiger partial charge in [0.15, 0.2) is 0 Å². The summed E-state index contributed by atoms with van der Waals surface area (Å²) < 4.78 is 0. The molecule has 1 aromatic carbocycles. The fraction of sp³-hybridized carbons (Fsp3) is 0.500. The maximum Gasteiger partial charge on any atom is 0.225 e. The number of benzene rings is 1. The molecular formula is C14H23ClN2O. The summed E-state index contributed by atoms with van der Waals surface area (Å²) in [6, 6.07) is 6.31. The van der Waals surface area contributed by atoms with Crippen molar-refractivity contribution in [3.05, 3.63) is 29.3 Å². The minimum Gasteiger partial charge on any atom is -0.326 e. The Morgan fingerprint density at radius 3 is 2.50 bits per heavy atom. The lowest BCUT2D eigenvalue weighted by molar-refractivity contribution is -0.116. The first-order valence-electron chi connectivity index (χ1n) is 6.27. The number of rotatable bonds is 6. The number of carbonyl (C=O) groups is 1. The van der Waals surface area contributed by atoms with Gasteiger partial charge in [0, 0.05) is 18.7 Å². The second-order valence-electron chi connectivity index (χ2n) is 4.10. The molecule has 1 amide bonds. The fourth-order valence-corrected chi connectivity index (χ4v) is 1.72. The Morgan fingerprint density at radius 2 is 1.94 bits per heavy atom. The molecule has 0 saturated heterocycles. The number of anilines is 1. The second kappa shape index (κ2) is 8.95. The summed E-state index contributed by atoms with van der Waals surface area (Å²) in [5, 5.41) is 5.97. The smallest absolute Gasteiger partial charge is 0.225 e. The van der Waals surface area contributed by atoms with Gasteiger partial charge in [0.25, 0.3) is 0 Å². The van der Waals surface area contributed by atoms with Gasteiger partial charge in [-0.05, 0) is 37.1 Å². The Hall–Kier alpha value is -1.06. The minimum atomic E-state index is 0. The fourth-order valence-electron chi connectivity index (χ4n) is 1.72. The molecule has 0 atom stereocenters. The molecule has 102 valence electrons. The highest BCUT2D eigenvalue weighted by atomic mass is 35.5. The maximum absolute atomic E-state index is 11.7. The Bertz CT molecular complexity index is 380. The van der Waals surface area contributed by atoms with E-state index < -0.39 is 0 Å². The Morgan fingerprint density at radius 1 is 1.22 bits per heavy atom. The van der Waals surface area contributed by atoms with Gasteiger partial charge in [0.1, 0.15) is 0 Å². The zero-order valence-corrected chi connectivity index (χ0v) is 12.2. The summed E-state index contributed by atoms with van der Waals surface area (Å²) in [7, 11) is 1.85. The van der Waals surface area contributed by atoms with Gasteiger partial charge >= 0.3 is 0 Å². The van der Waals surface area contributed by atoms with E-state index in [4.69, 9.17) is 0 Å². The van der Waals surface area contributed by atoms with Crippen LogP contribution >= 0.6 is 12.4 Å². The lowest BCUT2D eigenvalue weighted by Crippen LogP contribution is -2.19. The summed E-state index contributed by atoms with van der Waals surface area (Å²) >= 11 is 0. The van der Waals surface area contributed by atoms with E-state index in [0.717, 1.165) is 18.5 Å². The van der Waals surface area contributed by atoms with Gasteiger partial charge in [-0.2, -0.15) is 0 Å². The van der Waals surface area contributed by atoms with E-state index in [1.807, 2.05) is 7.05 Å². The first kappa shape index (κ1) is 16.9. The van der Waals surface area contributed by atoms with E-state index >= 15 is 0 Å². The van der Waals surface area contributed by atoms with Gasteiger partial charge in [-0.1, -0.05) is 26.0 Å². The molecule has 0 radical (unpaired) electrons. The standard InChI is InChI=1S/C14H22N2O.ClH/c1-4-11-6-7-12(5-2)13(10-11)16-14(17)8-9-15-3;/h6-7,10,15H,4-5,8-9H2,1-3H3,(H,16,17);1H. The van der Waals surface area contributed by atoms with Crippen LogP contribution in [0.5, 0.6) is 0 Å². The maximum atomic E-state index is 11.7. The molecule has 0 aromatic heterocycles. The average Bonchev–Trinajstić information content (AvgIpc) is 2.36. The predicted molar refractivity (Wildman–Crippen MR) is 79.6 cm³/mol. The van der Waals surface area contributed by atoms with Gasteiger partial charge in [0.2, 0.25) is 5.91 Å². The van der Waals surface area contributed by atoms with E-state index in [-0.39, 0.29) is 18.3 Å². The van der Waals surface area contributed by atoms with E-state index in [9.17, 15) is 4.79 Å². The van der Waals surface area contributed by atoms with Gasteiger partial charge in [0.05, 0.1) is 0 Å². The molecule has 3 nitrogen and oxygen atoms in total. The Balaban J connectivity index is 0.00000289. The molecule has 0 fully saturated rings. The molecule has 0 spiro atoms. The van der Waals surface area contributed by atoms with Crippen LogP contribution < -0.4 is 10.6 Å². The quantitative estimate of drug-likeness (QED) is 0.835. The lowest BCUT2D eigenvalue weighted by Gasteiger charge is -2.11. The monoisotopic (exact) mass is 270 g/mol. The summed E-state index contributed by atoms with van der Waals surface area (Å²) in [6.07, 6.45) is 2.44. The van der Waals surface area contributed by atoms with Crippen LogP contribution in [0.4, 0.5) is 5.69 Å². The van der Waals surface area contributed by atoms with Crippen LogP contribution in [0.1, 0.15) is 31.4 Å². The number of hydrogen-bond acceptors (Lipinski definition) is 2. The highest BCUT2D eigenvalue weighted by Crippen LogP contribution is 2.19. The van der Waals surface area contributed by atoms with Crippen molar-refractivity contribution in [2.75, 3.05) is 18.9 Å². The van der Waals surface area contributed by atoms with Crippen LogP contribution in [0.15, 0.2) is 18.2 Å². The molecule has 0 aliphatic rings. The van der Waals surface area contributed by atoms with E-state index in [1.54, 1.807) is 0 Å². The third kappa shape index (κ3) is 5.07. The summed E-state index contributed by atoms with van der Waals surface area (Å²) in [4.78, 5) is 11.7. The lowest BCUT2D eigenvalue weighted by atomic mass is 10.1. The number of nitrogens with one attached hydrogen (secondary N) is 2. The van der Waals surface area contributed by atoms with Crippen LogP contribution in [0, 0.1) is 0 Å². The van der Waals surface area contributed by atoms with Crippen LogP contribution in [-0.4, -0.2) is 19.5 Å². The Kier molecular flexibility index (Phi) is 8.42. The third-order valence-corrected chi connectivity index (χ3v) is 2.84. The van der Waals surface area contributed by atoms with Crippen molar-refractivity contribution in [3.8, 4) is 0 Å². The van der Waals surface area contributed by atoms with E-state index in [1.165, 1.54) is 11.1 Å². The second-order valence-corrected chi connectivity index (χ2v) is 4.10. The van der Waals surface area contributed by atoms with Crippen molar-refractivity contribution in [2.45, 2.75) is 33.1 Å². The first-order valence-corrected chi connectivity index (χ1v) is 6.27. The molecule has 0 heterocycles. The number of amides is 1. The highest BCUT2D eigenvalue weighted by molar-refractivity contribution is 5.91. The Labute approximate surface area is 116 Å². The van der Waals surface area contributed by atoms with E-state index in [2.05, 4.69) is 42.7 Å². The zero-order chi connectivity index (χ0) is 12.7. The molecule has 0 unspecified atom stereocenters. The predicted octanol–water partition coefficient (Wildman–Crippen LogP) is 2.78. The van der Waals surface area contributed by atoms with E-state index in [0.29, 0.717) is 13.0 Å². The molecule has 18 heavy (non-hydrogen) atoms. The highest BCUT2D eigenvalue weighted by Gasteiger charge is 2.06. The van der Waals surface area contributed by atoms with Crippen molar-refractivity contribution in [1.82, 2.24) is 5.32 Å². The van der Waals surface area contributed by atoms with Crippen LogP contribution in [0.3, 0.4) is 0 Å². The molecule has 1 aromatic rings. The summed E-state index contributed by atoms with van der Waals surface area (Å²) in [5.41, 5.74) is 3.42. The van der Waals surface area contributed by atoms with Crippen molar-refractivity contribution >= 4 is 24.0 Å². The topological polar surface area (TPSA) is 41.1 Å². The van der Waals surface area contributed by atoms with Crippen molar-refractivity contribution in [2.24, 2.45) is 0 Å². The number of aryl methyl sites for hydroxylation is 2. The molecule has 2 N–H and O–H groups in total. The SMILES string of the molecule is CCc1ccc(CC)c(NC(=O)CCNC)c1.Cl. The minimum absolute atomic E-state index is 0. The first-order chi connectivity index (χ1) is 8.21. The van der Waals surface area contributed by atoms with Crippen molar-refractivity contribution in [3.63, 3.8) is 0 Å². The van der Waals surface area contributed by atoms with Crippen LogP contribution in [0.25, 0.3) is 0 Å². The number of carbonyl (C=O) groups excluding carboxylic acids is 1. The van der Waals surface area contributed by atoms with Crippen molar-refractivity contribution < 1.29 is 4.79 Å². The van der Waals surface area contributed by atoms with Gasteiger partial charge in [-0.15, -0.1) is 12.4 Å². The number of halogens is 1. The van der Waals surface area contributed by atoms with Gasteiger partial charge in [-0.3, -0.25) is 4.79 Å². The zero-order valence-electron chi connectivity index (χ0n) is 11.4. The van der Waals surface area contributed by atoms with Crippen molar-refractivity contribution in [1.29, 1.82) is 0 Å². The summed E-state index contributed by atoms with van der Waals surface area (Å²) in [6.45, 7) is 4.93. The molecular weight excluding hydrogens is 248 g/mol. The molecule has 0 saturated carbocycles. The van der Waals surface area contributed by atoms with Gasteiger partial charge in [-0.25, -0.2) is 0 Å². The average molecular weight is 271 g/mol. The molecule has 1 rings (SSSR count). The van der Waals surface area contributed by atoms with Gasteiger partial charge < -0.3 is 10.6 Å². The van der Waals surface area contributed by atoms with Crippen LogP contribution in [-0.2, 0) is 17.6 Å². The molecule has 0 aliphatic carbocycles. The molecule has 0 aliphatic heterocycles. The largest absolute Gasteiger partial charge is 0.326 e.